The maximum absolute atomic E-state index is 4.32. The summed E-state index contributed by atoms with van der Waals surface area (Å²) in [5, 5.41) is 3.22. The van der Waals surface area contributed by atoms with Crippen LogP contribution < -0.4 is 5.32 Å². The average molecular weight is 365 g/mol. The number of nitrogens with one attached hydrogen (secondary N) is 2. The molecule has 0 aliphatic rings. The number of benzene rings is 1. The highest BCUT2D eigenvalue weighted by atomic mass is 127. The van der Waals surface area contributed by atoms with E-state index in [2.05, 4.69) is 72.1 Å². The summed E-state index contributed by atoms with van der Waals surface area (Å²) >= 11 is 2.32. The van der Waals surface area contributed by atoms with Crippen LogP contribution in [0.25, 0.3) is 11.2 Å². The van der Waals surface area contributed by atoms with Crippen LogP contribution in [0.5, 0.6) is 0 Å². The zero-order chi connectivity index (χ0) is 13.1. The van der Waals surface area contributed by atoms with Gasteiger partial charge in [-0.05, 0) is 46.7 Å². The van der Waals surface area contributed by atoms with Gasteiger partial charge in [-0.15, -0.1) is 0 Å². The standard InChI is InChI=1S/C13H12IN5/c14-10-3-1-2-9(6-10)4-5-15-13-16-7-11-12(19-13)18-8-17-11/h1-3,6-8H,4-5H2,(H2,15,16,17,18,19). The third-order valence-corrected chi connectivity index (χ3v) is 3.43. The summed E-state index contributed by atoms with van der Waals surface area (Å²) in [5.74, 6) is 0.616. The van der Waals surface area contributed by atoms with Crippen LogP contribution in [-0.2, 0) is 6.42 Å². The van der Waals surface area contributed by atoms with Gasteiger partial charge in [0.25, 0.3) is 0 Å². The second-order valence-electron chi connectivity index (χ2n) is 4.14. The zero-order valence-electron chi connectivity index (χ0n) is 10.1. The van der Waals surface area contributed by atoms with Crippen molar-refractivity contribution in [2.45, 2.75) is 6.42 Å². The molecule has 0 unspecified atom stereocenters. The summed E-state index contributed by atoms with van der Waals surface area (Å²) in [6.07, 6.45) is 4.30. The number of fused-ring (bicyclic) bond motifs is 1. The van der Waals surface area contributed by atoms with Crippen molar-refractivity contribution in [1.29, 1.82) is 0 Å². The highest BCUT2D eigenvalue weighted by Crippen LogP contribution is 2.09. The molecule has 3 aromatic rings. The van der Waals surface area contributed by atoms with Crippen molar-refractivity contribution in [2.24, 2.45) is 0 Å². The molecule has 19 heavy (non-hydrogen) atoms. The van der Waals surface area contributed by atoms with Crippen LogP contribution in [0, 0.1) is 3.57 Å². The minimum atomic E-state index is 0.616. The van der Waals surface area contributed by atoms with Gasteiger partial charge < -0.3 is 10.3 Å². The van der Waals surface area contributed by atoms with Gasteiger partial charge in [0.2, 0.25) is 5.95 Å². The quantitative estimate of drug-likeness (QED) is 0.698. The molecule has 0 bridgehead atoms. The molecule has 0 spiro atoms. The van der Waals surface area contributed by atoms with Crippen LogP contribution in [0.4, 0.5) is 5.95 Å². The van der Waals surface area contributed by atoms with Gasteiger partial charge in [0, 0.05) is 10.1 Å². The minimum Gasteiger partial charge on any atom is -0.354 e. The third-order valence-electron chi connectivity index (χ3n) is 2.76. The van der Waals surface area contributed by atoms with Crippen molar-refractivity contribution >= 4 is 39.7 Å². The van der Waals surface area contributed by atoms with Gasteiger partial charge in [-0.1, -0.05) is 12.1 Å². The molecule has 3 rings (SSSR count). The van der Waals surface area contributed by atoms with Gasteiger partial charge in [-0.25, -0.2) is 9.97 Å². The van der Waals surface area contributed by atoms with Crippen molar-refractivity contribution in [3.63, 3.8) is 0 Å². The van der Waals surface area contributed by atoms with Gasteiger partial charge in [0.05, 0.1) is 12.5 Å². The van der Waals surface area contributed by atoms with E-state index in [9.17, 15) is 0 Å². The molecule has 0 amide bonds. The van der Waals surface area contributed by atoms with E-state index >= 15 is 0 Å². The molecule has 0 saturated heterocycles. The van der Waals surface area contributed by atoms with Crippen molar-refractivity contribution in [2.75, 3.05) is 11.9 Å². The maximum Gasteiger partial charge on any atom is 0.224 e. The Morgan fingerprint density at radius 3 is 3.11 bits per heavy atom. The van der Waals surface area contributed by atoms with E-state index in [1.807, 2.05) is 0 Å². The lowest BCUT2D eigenvalue weighted by Crippen LogP contribution is -2.07. The number of aromatic amines is 1. The number of nitrogens with zero attached hydrogens (tertiary/aromatic N) is 3. The Hall–Kier alpha value is -1.70. The van der Waals surface area contributed by atoms with E-state index in [0.29, 0.717) is 11.6 Å². The normalized spacial score (nSPS) is 10.8. The highest BCUT2D eigenvalue weighted by molar-refractivity contribution is 14.1. The molecular weight excluding hydrogens is 353 g/mol. The Bertz CT molecular complexity index is 694. The average Bonchev–Trinajstić information content (AvgIpc) is 2.86. The van der Waals surface area contributed by atoms with Crippen LogP contribution in [0.3, 0.4) is 0 Å². The molecule has 1 aromatic carbocycles. The Morgan fingerprint density at radius 1 is 1.26 bits per heavy atom. The third kappa shape index (κ3) is 3.01. The van der Waals surface area contributed by atoms with E-state index < -0.39 is 0 Å². The number of imidazole rings is 1. The van der Waals surface area contributed by atoms with Gasteiger partial charge in [-0.2, -0.15) is 4.98 Å². The highest BCUT2D eigenvalue weighted by Gasteiger charge is 2.01. The largest absolute Gasteiger partial charge is 0.354 e. The fourth-order valence-corrected chi connectivity index (χ4v) is 2.44. The van der Waals surface area contributed by atoms with E-state index in [0.717, 1.165) is 18.5 Å². The summed E-state index contributed by atoms with van der Waals surface area (Å²) < 4.78 is 1.25. The number of H-pyrrole nitrogens is 1. The van der Waals surface area contributed by atoms with Crippen LogP contribution in [-0.4, -0.2) is 26.5 Å². The second-order valence-corrected chi connectivity index (χ2v) is 5.39. The van der Waals surface area contributed by atoms with Gasteiger partial charge in [0.1, 0.15) is 5.52 Å². The van der Waals surface area contributed by atoms with Crippen molar-refractivity contribution < 1.29 is 0 Å². The second kappa shape index (κ2) is 5.52. The Labute approximate surface area is 124 Å². The van der Waals surface area contributed by atoms with Crippen LogP contribution >= 0.6 is 22.6 Å². The minimum absolute atomic E-state index is 0.616. The van der Waals surface area contributed by atoms with Crippen molar-refractivity contribution in [3.8, 4) is 0 Å². The molecule has 2 heterocycles. The van der Waals surface area contributed by atoms with Gasteiger partial charge >= 0.3 is 0 Å². The smallest absolute Gasteiger partial charge is 0.224 e. The fourth-order valence-electron chi connectivity index (χ4n) is 1.83. The first-order chi connectivity index (χ1) is 9.31. The van der Waals surface area contributed by atoms with Gasteiger partial charge in [-0.3, -0.25) is 0 Å². The number of rotatable bonds is 4. The van der Waals surface area contributed by atoms with E-state index in [1.54, 1.807) is 12.5 Å². The lowest BCUT2D eigenvalue weighted by atomic mass is 10.1. The molecule has 0 atom stereocenters. The molecule has 0 aliphatic carbocycles. The first-order valence-electron chi connectivity index (χ1n) is 5.96. The van der Waals surface area contributed by atoms with Crippen LogP contribution in [0.15, 0.2) is 36.8 Å². The van der Waals surface area contributed by atoms with E-state index in [1.165, 1.54) is 9.13 Å². The molecule has 2 N–H and O–H groups in total. The first-order valence-corrected chi connectivity index (χ1v) is 7.03. The number of anilines is 1. The van der Waals surface area contributed by atoms with E-state index in [-0.39, 0.29) is 0 Å². The molecule has 96 valence electrons. The molecule has 6 heteroatoms. The lowest BCUT2D eigenvalue weighted by molar-refractivity contribution is 0.988. The monoisotopic (exact) mass is 365 g/mol. The molecule has 0 radical (unpaired) electrons. The fraction of sp³-hybridized carbons (Fsp3) is 0.154. The Morgan fingerprint density at radius 2 is 2.21 bits per heavy atom. The van der Waals surface area contributed by atoms with Crippen molar-refractivity contribution in [1.82, 2.24) is 19.9 Å². The molecule has 5 nitrogen and oxygen atoms in total. The summed E-state index contributed by atoms with van der Waals surface area (Å²) in [7, 11) is 0. The molecular formula is C13H12IN5. The lowest BCUT2D eigenvalue weighted by Gasteiger charge is -2.04. The number of aromatic nitrogens is 4. The number of hydrogen-bond acceptors (Lipinski definition) is 4. The topological polar surface area (TPSA) is 66.5 Å². The summed E-state index contributed by atoms with van der Waals surface area (Å²) in [6, 6.07) is 8.47. The maximum atomic E-state index is 4.32. The van der Waals surface area contributed by atoms with Crippen LogP contribution in [0.2, 0.25) is 0 Å². The molecule has 0 fully saturated rings. The molecule has 0 saturated carbocycles. The zero-order valence-corrected chi connectivity index (χ0v) is 12.3. The molecule has 2 aromatic heterocycles. The number of halogens is 1. The van der Waals surface area contributed by atoms with Crippen LogP contribution in [0.1, 0.15) is 5.56 Å². The molecule has 0 aliphatic heterocycles. The SMILES string of the molecule is Ic1cccc(CCNc2ncc3[nH]cnc3n2)c1. The van der Waals surface area contributed by atoms with Gasteiger partial charge in [0.15, 0.2) is 5.65 Å². The van der Waals surface area contributed by atoms with E-state index in [4.69, 9.17) is 0 Å². The summed E-state index contributed by atoms with van der Waals surface area (Å²) in [4.78, 5) is 15.6. The summed E-state index contributed by atoms with van der Waals surface area (Å²) in [6.45, 7) is 0.802. The predicted molar refractivity (Wildman–Crippen MR) is 83.0 cm³/mol. The predicted octanol–water partition coefficient (Wildman–Crippen LogP) is 2.61. The Balaban J connectivity index is 1.62. The Kier molecular flexibility index (Phi) is 3.58. The first kappa shape index (κ1) is 12.3. The number of hydrogen-bond donors (Lipinski definition) is 2. The van der Waals surface area contributed by atoms with Crippen molar-refractivity contribution in [3.05, 3.63) is 45.9 Å². The summed E-state index contributed by atoms with van der Waals surface area (Å²) in [5.41, 5.74) is 2.84.